The summed E-state index contributed by atoms with van der Waals surface area (Å²) in [6, 6.07) is 0. The highest BCUT2D eigenvalue weighted by molar-refractivity contribution is 14.1. The van der Waals surface area contributed by atoms with Crippen LogP contribution >= 0.6 is 23.0 Å². The highest BCUT2D eigenvalue weighted by atomic mass is 127. The Hall–Kier alpha value is 0.430. The first-order valence-electron chi connectivity index (χ1n) is 8.24. The molecule has 2 heteroatoms. The van der Waals surface area contributed by atoms with Gasteiger partial charge in [0.05, 0.1) is 6.61 Å². The monoisotopic (exact) mass is 388 g/mol. The van der Waals surface area contributed by atoms with E-state index in [9.17, 15) is 0 Å². The molecule has 0 radical (unpaired) electrons. The third kappa shape index (κ3) is 1.82. The quantitative estimate of drug-likeness (QED) is 0.430. The molecule has 0 saturated heterocycles. The van der Waals surface area contributed by atoms with Gasteiger partial charge >= 0.3 is 0 Å². The first-order valence-corrected chi connectivity index (χ1v) is 9.12. The van der Waals surface area contributed by atoms with Gasteiger partial charge in [0.1, 0.15) is 23.0 Å². The summed E-state index contributed by atoms with van der Waals surface area (Å²) in [4.78, 5) is 0. The molecule has 0 amide bonds. The van der Waals surface area contributed by atoms with Gasteiger partial charge in [0.25, 0.3) is 0 Å². The Labute approximate surface area is 138 Å². The molecule has 0 N–H and O–H groups in total. The Morgan fingerprint density at radius 3 is 2.60 bits per heavy atom. The van der Waals surface area contributed by atoms with Gasteiger partial charge < -0.3 is 3.07 Å². The third-order valence-corrected chi connectivity index (χ3v) is 7.56. The summed E-state index contributed by atoms with van der Waals surface area (Å²) in [6.45, 7) is 13.4. The zero-order valence-electron chi connectivity index (χ0n) is 13.7. The van der Waals surface area contributed by atoms with Crippen LogP contribution in [0.5, 0.6) is 0 Å². The summed E-state index contributed by atoms with van der Waals surface area (Å²) in [5, 5.41) is 0. The minimum absolute atomic E-state index is 0.421. The summed E-state index contributed by atoms with van der Waals surface area (Å²) in [6.07, 6.45) is 6.99. The molecule has 3 aliphatic carbocycles. The van der Waals surface area contributed by atoms with Crippen LogP contribution in [0.2, 0.25) is 0 Å². The highest BCUT2D eigenvalue weighted by Gasteiger charge is 2.65. The minimum atomic E-state index is 0.421. The third-order valence-electron chi connectivity index (χ3n) is 7.20. The van der Waals surface area contributed by atoms with Crippen molar-refractivity contribution in [2.75, 3.05) is 6.61 Å². The molecule has 1 nitrogen and oxygen atoms in total. The van der Waals surface area contributed by atoms with Crippen LogP contribution in [0.1, 0.15) is 66.7 Å². The summed E-state index contributed by atoms with van der Waals surface area (Å²) >= 11 is 2.05. The van der Waals surface area contributed by atoms with Gasteiger partial charge in [0.2, 0.25) is 0 Å². The molecule has 2 bridgehead atoms. The van der Waals surface area contributed by atoms with E-state index < -0.39 is 0 Å². The van der Waals surface area contributed by atoms with Crippen LogP contribution < -0.4 is 0 Å². The van der Waals surface area contributed by atoms with Crippen LogP contribution in [0, 0.1) is 28.1 Å². The van der Waals surface area contributed by atoms with Gasteiger partial charge in [0.15, 0.2) is 0 Å². The lowest BCUT2D eigenvalue weighted by Gasteiger charge is -2.53. The average molecular weight is 388 g/mol. The number of rotatable bonds is 3. The van der Waals surface area contributed by atoms with Crippen molar-refractivity contribution < 1.29 is 3.07 Å². The lowest BCUT2D eigenvalue weighted by Crippen LogP contribution is -2.43. The molecule has 0 aromatic heterocycles. The van der Waals surface area contributed by atoms with Crippen LogP contribution in [0.4, 0.5) is 0 Å². The normalized spacial score (nSPS) is 39.0. The second-order valence-electron chi connectivity index (χ2n) is 8.70. The first kappa shape index (κ1) is 15.3. The Morgan fingerprint density at radius 2 is 1.95 bits per heavy atom. The number of allylic oxidation sites excluding steroid dienone is 1. The van der Waals surface area contributed by atoms with E-state index in [1.165, 1.54) is 32.1 Å². The molecule has 0 aliphatic heterocycles. The zero-order valence-corrected chi connectivity index (χ0v) is 15.8. The van der Waals surface area contributed by atoms with Crippen molar-refractivity contribution in [3.05, 3.63) is 11.1 Å². The van der Waals surface area contributed by atoms with Crippen LogP contribution in [-0.4, -0.2) is 6.61 Å². The predicted octanol–water partition coefficient (Wildman–Crippen LogP) is 5.93. The SMILES string of the molecule is C[C@H](COI)C1=C2C(C)(C)[C@H]3CC[C@@]2(C3)C(C)(C)CC1. The van der Waals surface area contributed by atoms with E-state index in [0.717, 1.165) is 12.5 Å². The standard InChI is InChI=1S/C18H29IO/c1-12(11-20-19)14-7-8-16(2,3)18-9-6-13(10-18)17(4,5)15(14)18/h12-13H,6-11H2,1-5H3/t12-,13+,18+/m1/s1. The molecule has 3 rings (SSSR count). The number of hydrogen-bond donors (Lipinski definition) is 0. The van der Waals surface area contributed by atoms with Gasteiger partial charge in [-0.2, -0.15) is 0 Å². The maximum atomic E-state index is 5.44. The Morgan fingerprint density at radius 1 is 1.25 bits per heavy atom. The lowest BCUT2D eigenvalue weighted by atomic mass is 9.51. The Bertz CT molecular complexity index is 448. The second-order valence-corrected chi connectivity index (χ2v) is 9.33. The average Bonchev–Trinajstić information content (AvgIpc) is 2.87. The maximum absolute atomic E-state index is 5.44. The highest BCUT2D eigenvalue weighted by Crippen LogP contribution is 2.75. The fourth-order valence-corrected chi connectivity index (χ4v) is 6.42. The predicted molar refractivity (Wildman–Crippen MR) is 92.7 cm³/mol. The van der Waals surface area contributed by atoms with E-state index in [1.807, 2.05) is 5.57 Å². The van der Waals surface area contributed by atoms with Gasteiger partial charge in [-0.05, 0) is 54.3 Å². The van der Waals surface area contributed by atoms with E-state index >= 15 is 0 Å². The van der Waals surface area contributed by atoms with Gasteiger partial charge in [-0.1, -0.05) is 45.8 Å². The van der Waals surface area contributed by atoms with E-state index in [-0.39, 0.29) is 0 Å². The fraction of sp³-hybridized carbons (Fsp3) is 0.889. The zero-order chi connectivity index (χ0) is 14.8. The van der Waals surface area contributed by atoms with Gasteiger partial charge in [0, 0.05) is 5.92 Å². The topological polar surface area (TPSA) is 9.23 Å². The summed E-state index contributed by atoms with van der Waals surface area (Å²) in [7, 11) is 0. The number of halogens is 1. The molecule has 2 saturated carbocycles. The van der Waals surface area contributed by atoms with Crippen LogP contribution in [0.25, 0.3) is 0 Å². The van der Waals surface area contributed by atoms with Crippen molar-refractivity contribution in [1.82, 2.24) is 0 Å². The van der Waals surface area contributed by atoms with Gasteiger partial charge in [-0.15, -0.1) is 0 Å². The van der Waals surface area contributed by atoms with E-state index in [0.29, 0.717) is 22.2 Å². The molecule has 0 aromatic carbocycles. The molecular weight excluding hydrogens is 359 g/mol. The molecule has 0 unspecified atom stereocenters. The fourth-order valence-electron chi connectivity index (χ4n) is 5.88. The maximum Gasteiger partial charge on any atom is 0.109 e. The molecule has 20 heavy (non-hydrogen) atoms. The molecule has 0 aromatic rings. The van der Waals surface area contributed by atoms with E-state index in [4.69, 9.17) is 3.07 Å². The molecule has 114 valence electrons. The van der Waals surface area contributed by atoms with Crippen molar-refractivity contribution in [2.45, 2.75) is 66.7 Å². The lowest BCUT2D eigenvalue weighted by molar-refractivity contribution is 0.0814. The molecule has 0 heterocycles. The Kier molecular flexibility index (Phi) is 3.61. The van der Waals surface area contributed by atoms with Crippen molar-refractivity contribution >= 4 is 23.0 Å². The van der Waals surface area contributed by atoms with Gasteiger partial charge in [-0.25, -0.2) is 0 Å². The van der Waals surface area contributed by atoms with Crippen LogP contribution in [0.15, 0.2) is 11.1 Å². The smallest absolute Gasteiger partial charge is 0.109 e. The number of hydrogen-bond acceptors (Lipinski definition) is 1. The van der Waals surface area contributed by atoms with E-state index in [1.54, 1.807) is 5.57 Å². The van der Waals surface area contributed by atoms with Crippen molar-refractivity contribution in [3.8, 4) is 0 Å². The summed E-state index contributed by atoms with van der Waals surface area (Å²) in [5.74, 6) is 1.51. The van der Waals surface area contributed by atoms with Crippen molar-refractivity contribution in [2.24, 2.45) is 28.1 Å². The van der Waals surface area contributed by atoms with Crippen molar-refractivity contribution in [1.29, 1.82) is 0 Å². The molecule has 3 atom stereocenters. The Balaban J connectivity index is 2.14. The molecule has 1 spiro atoms. The first-order chi connectivity index (χ1) is 9.26. The molecule has 3 aliphatic rings. The molecule has 2 fully saturated rings. The summed E-state index contributed by atoms with van der Waals surface area (Å²) in [5.41, 5.74) is 5.03. The minimum Gasteiger partial charge on any atom is -0.315 e. The van der Waals surface area contributed by atoms with Gasteiger partial charge in [-0.3, -0.25) is 0 Å². The largest absolute Gasteiger partial charge is 0.315 e. The van der Waals surface area contributed by atoms with Crippen LogP contribution in [-0.2, 0) is 3.07 Å². The number of fused-ring (bicyclic) bond motifs is 1. The summed E-state index contributed by atoms with van der Waals surface area (Å²) < 4.78 is 5.44. The molecular formula is C18H29IO. The van der Waals surface area contributed by atoms with Crippen molar-refractivity contribution in [3.63, 3.8) is 0 Å². The van der Waals surface area contributed by atoms with Crippen LogP contribution in [0.3, 0.4) is 0 Å². The second kappa shape index (κ2) is 4.71. The van der Waals surface area contributed by atoms with E-state index in [2.05, 4.69) is 57.6 Å².